The molecule has 118 valence electrons. The van der Waals surface area contributed by atoms with Crippen LogP contribution < -0.4 is 14.8 Å². The monoisotopic (exact) mass is 311 g/mol. The molecule has 1 aliphatic rings. The Balaban J connectivity index is 1.84. The zero-order chi connectivity index (χ0) is 16.2. The minimum atomic E-state index is -0.463. The van der Waals surface area contributed by atoms with Gasteiger partial charge < -0.3 is 19.5 Å². The van der Waals surface area contributed by atoms with E-state index in [0.717, 1.165) is 11.1 Å². The van der Waals surface area contributed by atoms with Crippen LogP contribution in [-0.4, -0.2) is 20.2 Å². The van der Waals surface area contributed by atoms with Crippen molar-refractivity contribution in [3.63, 3.8) is 0 Å². The molecule has 0 saturated carbocycles. The maximum absolute atomic E-state index is 12.0. The van der Waals surface area contributed by atoms with Gasteiger partial charge in [0.05, 0.1) is 14.2 Å². The molecule has 1 fully saturated rings. The highest BCUT2D eigenvalue weighted by Gasteiger charge is 2.28. The molecule has 0 aliphatic carbocycles. The van der Waals surface area contributed by atoms with Crippen molar-refractivity contribution in [2.24, 2.45) is 0 Å². The van der Waals surface area contributed by atoms with Gasteiger partial charge in [0.2, 0.25) is 0 Å². The van der Waals surface area contributed by atoms with Gasteiger partial charge in [-0.25, -0.2) is 4.79 Å². The van der Waals surface area contributed by atoms with Crippen molar-refractivity contribution >= 4 is 12.0 Å². The number of methoxy groups -OCH3 is 2. The SMILES string of the molecule is COc1ccc(/C=C2\NC(c3ccccc3)OC2=O)cc1OC. The number of hydrogen-bond donors (Lipinski definition) is 1. The summed E-state index contributed by atoms with van der Waals surface area (Å²) in [6, 6.07) is 15.0. The number of ether oxygens (including phenoxy) is 3. The predicted molar refractivity (Wildman–Crippen MR) is 85.9 cm³/mol. The van der Waals surface area contributed by atoms with Crippen molar-refractivity contribution < 1.29 is 19.0 Å². The molecule has 1 aliphatic heterocycles. The van der Waals surface area contributed by atoms with Crippen LogP contribution in [0, 0.1) is 0 Å². The van der Waals surface area contributed by atoms with E-state index in [2.05, 4.69) is 5.32 Å². The van der Waals surface area contributed by atoms with Crippen LogP contribution in [0.2, 0.25) is 0 Å². The number of carbonyl (C=O) groups excluding carboxylic acids is 1. The summed E-state index contributed by atoms with van der Waals surface area (Å²) >= 11 is 0. The number of hydrogen-bond acceptors (Lipinski definition) is 5. The van der Waals surface area contributed by atoms with Crippen LogP contribution in [0.15, 0.2) is 54.2 Å². The molecule has 0 bridgehead atoms. The molecule has 23 heavy (non-hydrogen) atoms. The summed E-state index contributed by atoms with van der Waals surface area (Å²) in [6.45, 7) is 0. The highest BCUT2D eigenvalue weighted by Crippen LogP contribution is 2.30. The van der Waals surface area contributed by atoms with Gasteiger partial charge in [-0.1, -0.05) is 36.4 Å². The van der Waals surface area contributed by atoms with Crippen molar-refractivity contribution in [3.05, 3.63) is 65.4 Å². The van der Waals surface area contributed by atoms with Gasteiger partial charge in [-0.3, -0.25) is 0 Å². The molecule has 1 N–H and O–H groups in total. The number of nitrogens with one attached hydrogen (secondary N) is 1. The summed E-state index contributed by atoms with van der Waals surface area (Å²) in [5.41, 5.74) is 2.12. The van der Waals surface area contributed by atoms with Gasteiger partial charge in [0.1, 0.15) is 5.70 Å². The van der Waals surface area contributed by atoms with Gasteiger partial charge in [0.15, 0.2) is 17.7 Å². The Morgan fingerprint density at radius 2 is 1.78 bits per heavy atom. The molecule has 2 aromatic rings. The largest absolute Gasteiger partial charge is 0.493 e. The zero-order valence-corrected chi connectivity index (χ0v) is 12.9. The van der Waals surface area contributed by atoms with Crippen molar-refractivity contribution in [2.75, 3.05) is 14.2 Å². The van der Waals surface area contributed by atoms with E-state index in [1.54, 1.807) is 32.4 Å². The lowest BCUT2D eigenvalue weighted by Gasteiger charge is -2.09. The molecular weight excluding hydrogens is 294 g/mol. The van der Waals surface area contributed by atoms with Crippen LogP contribution in [0.4, 0.5) is 0 Å². The molecular formula is C18H17NO4. The maximum Gasteiger partial charge on any atom is 0.356 e. The van der Waals surface area contributed by atoms with E-state index in [1.807, 2.05) is 36.4 Å². The quantitative estimate of drug-likeness (QED) is 0.695. The first-order valence-electron chi connectivity index (χ1n) is 7.17. The highest BCUT2D eigenvalue weighted by atomic mass is 16.6. The second kappa shape index (κ2) is 6.44. The van der Waals surface area contributed by atoms with E-state index in [1.165, 1.54) is 0 Å². The Labute approximate surface area is 134 Å². The average Bonchev–Trinajstić information content (AvgIpc) is 2.96. The molecule has 1 saturated heterocycles. The van der Waals surface area contributed by atoms with Crippen molar-refractivity contribution in [1.82, 2.24) is 5.32 Å². The lowest BCUT2D eigenvalue weighted by atomic mass is 10.1. The average molecular weight is 311 g/mol. The van der Waals surface area contributed by atoms with Crippen molar-refractivity contribution in [1.29, 1.82) is 0 Å². The molecule has 0 aromatic heterocycles. The van der Waals surface area contributed by atoms with Crippen LogP contribution in [0.1, 0.15) is 17.4 Å². The Morgan fingerprint density at radius 3 is 2.48 bits per heavy atom. The maximum atomic E-state index is 12.0. The first-order chi connectivity index (χ1) is 11.2. The molecule has 2 aromatic carbocycles. The lowest BCUT2D eigenvalue weighted by Crippen LogP contribution is -2.12. The second-order valence-corrected chi connectivity index (χ2v) is 5.01. The van der Waals surface area contributed by atoms with Gasteiger partial charge in [-0.2, -0.15) is 0 Å². The minimum absolute atomic E-state index is 0.381. The topological polar surface area (TPSA) is 56.8 Å². The Hall–Kier alpha value is -2.95. The van der Waals surface area contributed by atoms with Crippen LogP contribution in [0.25, 0.3) is 6.08 Å². The van der Waals surface area contributed by atoms with E-state index >= 15 is 0 Å². The fraction of sp³-hybridized carbons (Fsp3) is 0.167. The first kappa shape index (κ1) is 15.0. The van der Waals surface area contributed by atoms with Crippen LogP contribution in [0.5, 0.6) is 11.5 Å². The zero-order valence-electron chi connectivity index (χ0n) is 12.9. The summed E-state index contributed by atoms with van der Waals surface area (Å²) < 4.78 is 15.8. The number of benzene rings is 2. The summed E-state index contributed by atoms with van der Waals surface area (Å²) in [6.07, 6.45) is 1.27. The van der Waals surface area contributed by atoms with E-state index in [-0.39, 0.29) is 5.97 Å². The predicted octanol–water partition coefficient (Wildman–Crippen LogP) is 2.89. The lowest BCUT2D eigenvalue weighted by molar-refractivity contribution is -0.139. The number of cyclic esters (lactones) is 1. The smallest absolute Gasteiger partial charge is 0.356 e. The van der Waals surface area contributed by atoms with E-state index in [9.17, 15) is 4.79 Å². The molecule has 0 radical (unpaired) electrons. The van der Waals surface area contributed by atoms with E-state index < -0.39 is 6.23 Å². The molecule has 1 atom stereocenters. The first-order valence-corrected chi connectivity index (χ1v) is 7.17. The molecule has 1 heterocycles. The van der Waals surface area contributed by atoms with Crippen LogP contribution in [-0.2, 0) is 9.53 Å². The van der Waals surface area contributed by atoms with E-state index in [4.69, 9.17) is 14.2 Å². The summed E-state index contributed by atoms with van der Waals surface area (Å²) in [4.78, 5) is 12.0. The van der Waals surface area contributed by atoms with Crippen LogP contribution >= 0.6 is 0 Å². The third-order valence-electron chi connectivity index (χ3n) is 3.55. The third kappa shape index (κ3) is 3.13. The molecule has 0 spiro atoms. The summed E-state index contributed by atoms with van der Waals surface area (Å²) in [5, 5.41) is 3.09. The Morgan fingerprint density at radius 1 is 1.04 bits per heavy atom. The van der Waals surface area contributed by atoms with Gasteiger partial charge in [0, 0.05) is 5.56 Å². The second-order valence-electron chi connectivity index (χ2n) is 5.01. The summed E-state index contributed by atoms with van der Waals surface area (Å²) in [7, 11) is 3.15. The van der Waals surface area contributed by atoms with Crippen molar-refractivity contribution in [2.45, 2.75) is 6.23 Å². The van der Waals surface area contributed by atoms with Crippen molar-refractivity contribution in [3.8, 4) is 11.5 Å². The fourth-order valence-electron chi connectivity index (χ4n) is 2.39. The Kier molecular flexibility index (Phi) is 4.19. The minimum Gasteiger partial charge on any atom is -0.493 e. The summed E-state index contributed by atoms with van der Waals surface area (Å²) in [5.74, 6) is 0.861. The number of carbonyl (C=O) groups is 1. The third-order valence-corrected chi connectivity index (χ3v) is 3.55. The number of esters is 1. The van der Waals surface area contributed by atoms with Gasteiger partial charge in [0.25, 0.3) is 0 Å². The normalized spacial score (nSPS) is 18.4. The van der Waals surface area contributed by atoms with Gasteiger partial charge in [-0.15, -0.1) is 0 Å². The molecule has 1 unspecified atom stereocenters. The molecule has 5 heteroatoms. The van der Waals surface area contributed by atoms with Gasteiger partial charge >= 0.3 is 5.97 Å². The fourth-order valence-corrected chi connectivity index (χ4v) is 2.39. The molecule has 0 amide bonds. The standard InChI is InChI=1S/C18H17NO4/c1-21-15-9-8-12(11-16(15)22-2)10-14-18(20)23-17(19-14)13-6-4-3-5-7-13/h3-11,17,19H,1-2H3/b14-10-. The highest BCUT2D eigenvalue weighted by molar-refractivity contribution is 5.95. The van der Waals surface area contributed by atoms with E-state index in [0.29, 0.717) is 17.2 Å². The van der Waals surface area contributed by atoms with Crippen LogP contribution in [0.3, 0.4) is 0 Å². The number of rotatable bonds is 4. The molecule has 3 rings (SSSR count). The Bertz CT molecular complexity index is 740. The molecule has 5 nitrogen and oxygen atoms in total. The van der Waals surface area contributed by atoms with Gasteiger partial charge in [-0.05, 0) is 23.8 Å².